The number of thiophene rings is 1. The smallest absolute Gasteiger partial charge is 0.254 e. The second-order valence-electron chi connectivity index (χ2n) is 8.75. The number of methoxy groups -OCH3 is 1. The summed E-state index contributed by atoms with van der Waals surface area (Å²) in [5, 5.41) is 5.16. The predicted molar refractivity (Wildman–Crippen MR) is 136 cm³/mol. The van der Waals surface area contributed by atoms with Crippen molar-refractivity contribution in [3.8, 4) is 0 Å². The minimum atomic E-state index is -0.528. The number of fused-ring (bicyclic) bond motifs is 1. The quantitative estimate of drug-likeness (QED) is 0.527. The van der Waals surface area contributed by atoms with Gasteiger partial charge < -0.3 is 19.9 Å². The third-order valence-electron chi connectivity index (χ3n) is 6.68. The molecule has 7 heteroatoms. The molecule has 0 radical (unpaired) electrons. The van der Waals surface area contributed by atoms with Gasteiger partial charge in [0.1, 0.15) is 0 Å². The molecule has 1 aromatic heterocycles. The molecule has 0 saturated carbocycles. The summed E-state index contributed by atoms with van der Waals surface area (Å²) >= 11 is 1.57. The Morgan fingerprint density at radius 2 is 1.91 bits per heavy atom. The van der Waals surface area contributed by atoms with Crippen molar-refractivity contribution in [2.75, 3.05) is 43.6 Å². The highest BCUT2D eigenvalue weighted by Crippen LogP contribution is 2.44. The number of benzene rings is 2. The lowest BCUT2D eigenvalue weighted by Crippen LogP contribution is -2.47. The zero-order valence-corrected chi connectivity index (χ0v) is 20.1. The van der Waals surface area contributed by atoms with Crippen molar-refractivity contribution >= 4 is 34.5 Å². The molecule has 0 spiro atoms. The van der Waals surface area contributed by atoms with Gasteiger partial charge in [-0.2, -0.15) is 0 Å². The summed E-state index contributed by atoms with van der Waals surface area (Å²) in [5.41, 5.74) is 3.26. The molecule has 2 aliphatic rings. The van der Waals surface area contributed by atoms with E-state index in [1.54, 1.807) is 23.3 Å². The van der Waals surface area contributed by atoms with Crippen LogP contribution in [0.2, 0.25) is 0 Å². The van der Waals surface area contributed by atoms with Crippen LogP contribution < -0.4 is 10.2 Å². The fourth-order valence-corrected chi connectivity index (χ4v) is 5.94. The van der Waals surface area contributed by atoms with Crippen LogP contribution in [0.1, 0.15) is 45.6 Å². The van der Waals surface area contributed by atoms with Crippen molar-refractivity contribution in [3.05, 3.63) is 82.0 Å². The third kappa shape index (κ3) is 4.33. The number of hydrogen-bond acceptors (Lipinski definition) is 5. The third-order valence-corrected chi connectivity index (χ3v) is 7.62. The van der Waals surface area contributed by atoms with E-state index in [0.717, 1.165) is 34.9 Å². The summed E-state index contributed by atoms with van der Waals surface area (Å²) in [4.78, 5) is 32.5. The molecule has 2 amide bonds. The van der Waals surface area contributed by atoms with Gasteiger partial charge in [0.2, 0.25) is 5.91 Å². The Morgan fingerprint density at radius 3 is 2.68 bits per heavy atom. The summed E-state index contributed by atoms with van der Waals surface area (Å²) in [6.45, 7) is 2.91. The predicted octanol–water partition coefficient (Wildman–Crippen LogP) is 4.91. The molecule has 2 aliphatic heterocycles. The summed E-state index contributed by atoms with van der Waals surface area (Å²) in [6.07, 6.45) is 2.40. The van der Waals surface area contributed by atoms with E-state index in [1.807, 2.05) is 60.0 Å². The van der Waals surface area contributed by atoms with Crippen molar-refractivity contribution in [1.82, 2.24) is 4.90 Å². The molecule has 0 aliphatic carbocycles. The number of hydrogen-bond donors (Lipinski definition) is 1. The molecular formula is C27H29N3O3S. The number of anilines is 2. The maximum Gasteiger partial charge on any atom is 0.254 e. The molecular weight excluding hydrogens is 446 g/mol. The topological polar surface area (TPSA) is 61.9 Å². The Kier molecular flexibility index (Phi) is 6.65. The van der Waals surface area contributed by atoms with Gasteiger partial charge in [-0.05, 0) is 54.1 Å². The van der Waals surface area contributed by atoms with Gasteiger partial charge in [-0.1, -0.05) is 30.3 Å². The van der Waals surface area contributed by atoms with Gasteiger partial charge in [-0.15, -0.1) is 11.3 Å². The van der Waals surface area contributed by atoms with Gasteiger partial charge in [0.05, 0.1) is 18.6 Å². The number of nitrogens with one attached hydrogen (secondary N) is 1. The van der Waals surface area contributed by atoms with Gasteiger partial charge in [0.25, 0.3) is 5.91 Å². The van der Waals surface area contributed by atoms with Crippen LogP contribution in [0.4, 0.5) is 11.4 Å². The monoisotopic (exact) mass is 475 g/mol. The van der Waals surface area contributed by atoms with Crippen LogP contribution in [-0.4, -0.2) is 50.1 Å². The van der Waals surface area contributed by atoms with E-state index >= 15 is 0 Å². The first kappa shape index (κ1) is 22.6. The van der Waals surface area contributed by atoms with Gasteiger partial charge in [-0.3, -0.25) is 9.59 Å². The molecule has 3 heterocycles. The lowest BCUT2D eigenvalue weighted by Gasteiger charge is -2.41. The van der Waals surface area contributed by atoms with Crippen molar-refractivity contribution < 1.29 is 14.3 Å². The lowest BCUT2D eigenvalue weighted by atomic mass is 9.81. The summed E-state index contributed by atoms with van der Waals surface area (Å²) in [6, 6.07) is 19.1. The number of amides is 2. The first-order valence-corrected chi connectivity index (χ1v) is 12.6. The van der Waals surface area contributed by atoms with Crippen molar-refractivity contribution in [2.45, 2.75) is 24.8 Å². The highest BCUT2D eigenvalue weighted by molar-refractivity contribution is 7.10. The van der Waals surface area contributed by atoms with Gasteiger partial charge in [0.15, 0.2) is 0 Å². The van der Waals surface area contributed by atoms with Crippen molar-refractivity contribution in [1.29, 1.82) is 0 Å². The number of nitrogens with zero attached hydrogens (tertiary/aromatic N) is 2. The van der Waals surface area contributed by atoms with Crippen LogP contribution in [0.25, 0.3) is 0 Å². The standard InChI is InChI=1S/C27H29N3O3S/c1-33-16-15-30-25(23-12-7-17-34-23)24(21-10-2-3-11-22(21)27(30)32)26(31)28-19-8-6-9-20(18-19)29-13-4-5-14-29/h2-3,6-12,17-18,24-25H,4-5,13-16H2,1H3,(H,28,31). The Balaban J connectivity index is 1.52. The molecule has 1 N–H and O–H groups in total. The Hall–Kier alpha value is -3.16. The summed E-state index contributed by atoms with van der Waals surface area (Å²) < 4.78 is 5.30. The minimum Gasteiger partial charge on any atom is -0.383 e. The van der Waals surface area contributed by atoms with E-state index < -0.39 is 5.92 Å². The SMILES string of the molecule is COCCN1C(=O)c2ccccc2C(C(=O)Nc2cccc(N3CCCC3)c2)C1c1cccs1. The molecule has 2 unspecified atom stereocenters. The molecule has 2 aromatic carbocycles. The van der Waals surface area contributed by atoms with Crippen LogP contribution in [0.15, 0.2) is 66.0 Å². The lowest BCUT2D eigenvalue weighted by molar-refractivity contribution is -0.119. The molecule has 2 atom stereocenters. The molecule has 1 fully saturated rings. The first-order chi connectivity index (χ1) is 16.7. The Labute approximate surface area is 204 Å². The molecule has 5 rings (SSSR count). The fraction of sp³-hybridized carbons (Fsp3) is 0.333. The Bertz CT molecular complexity index is 1160. The van der Waals surface area contributed by atoms with E-state index in [2.05, 4.69) is 16.3 Å². The van der Waals surface area contributed by atoms with Crippen LogP contribution in [-0.2, 0) is 9.53 Å². The van der Waals surface area contributed by atoms with Crippen molar-refractivity contribution in [2.24, 2.45) is 0 Å². The largest absolute Gasteiger partial charge is 0.383 e. The zero-order valence-electron chi connectivity index (χ0n) is 19.3. The summed E-state index contributed by atoms with van der Waals surface area (Å²) in [5.74, 6) is -0.703. The number of carbonyl (C=O) groups is 2. The van der Waals surface area contributed by atoms with Crippen LogP contribution in [0, 0.1) is 0 Å². The normalized spacial score (nSPS) is 19.9. The number of ether oxygens (including phenoxy) is 1. The fourth-order valence-electron chi connectivity index (χ4n) is 5.06. The Morgan fingerprint density at radius 1 is 1.09 bits per heavy atom. The molecule has 0 bridgehead atoms. The molecule has 1 saturated heterocycles. The molecule has 34 heavy (non-hydrogen) atoms. The second-order valence-corrected chi connectivity index (χ2v) is 9.73. The maximum absolute atomic E-state index is 13.9. The average Bonchev–Trinajstić information content (AvgIpc) is 3.58. The van der Waals surface area contributed by atoms with Gasteiger partial charge in [-0.25, -0.2) is 0 Å². The van der Waals surface area contributed by atoms with E-state index in [9.17, 15) is 9.59 Å². The van der Waals surface area contributed by atoms with Gasteiger partial charge >= 0.3 is 0 Å². The van der Waals surface area contributed by atoms with Gasteiger partial charge in [0, 0.05) is 48.6 Å². The number of rotatable bonds is 7. The van der Waals surface area contributed by atoms with E-state index in [0.29, 0.717) is 18.7 Å². The first-order valence-electron chi connectivity index (χ1n) is 11.8. The zero-order chi connectivity index (χ0) is 23.5. The van der Waals surface area contributed by atoms with E-state index in [-0.39, 0.29) is 17.9 Å². The van der Waals surface area contributed by atoms with Crippen molar-refractivity contribution in [3.63, 3.8) is 0 Å². The molecule has 176 valence electrons. The average molecular weight is 476 g/mol. The maximum atomic E-state index is 13.9. The highest BCUT2D eigenvalue weighted by Gasteiger charge is 2.44. The minimum absolute atomic E-state index is 0.0638. The molecule has 6 nitrogen and oxygen atoms in total. The second kappa shape index (κ2) is 9.99. The van der Waals surface area contributed by atoms with Crippen LogP contribution in [0.3, 0.4) is 0 Å². The molecule has 3 aromatic rings. The highest BCUT2D eigenvalue weighted by atomic mass is 32.1. The number of carbonyl (C=O) groups excluding carboxylic acids is 2. The van der Waals surface area contributed by atoms with Crippen LogP contribution in [0.5, 0.6) is 0 Å². The summed E-state index contributed by atoms with van der Waals surface area (Å²) in [7, 11) is 1.63. The van der Waals surface area contributed by atoms with E-state index in [1.165, 1.54) is 12.8 Å². The van der Waals surface area contributed by atoms with Crippen LogP contribution >= 0.6 is 11.3 Å². The van der Waals surface area contributed by atoms with E-state index in [4.69, 9.17) is 4.74 Å².